The lowest BCUT2D eigenvalue weighted by molar-refractivity contribution is -0.121. The van der Waals surface area contributed by atoms with Gasteiger partial charge in [-0.1, -0.05) is 31.4 Å². The van der Waals surface area contributed by atoms with Crippen molar-refractivity contribution in [2.45, 2.75) is 51.5 Å². The van der Waals surface area contributed by atoms with Crippen molar-refractivity contribution in [3.8, 4) is 5.69 Å². The molecule has 7 heteroatoms. The molecule has 1 aromatic heterocycles. The molecule has 1 saturated carbocycles. The highest BCUT2D eigenvalue weighted by atomic mass is 19.1. The second-order valence-corrected chi connectivity index (χ2v) is 9.40. The summed E-state index contributed by atoms with van der Waals surface area (Å²) in [4.78, 5) is 29.9. The predicted molar refractivity (Wildman–Crippen MR) is 139 cm³/mol. The van der Waals surface area contributed by atoms with Gasteiger partial charge in [0.1, 0.15) is 11.6 Å². The molecule has 0 bridgehead atoms. The number of anilines is 1. The zero-order valence-electron chi connectivity index (χ0n) is 20.3. The van der Waals surface area contributed by atoms with E-state index < -0.39 is 0 Å². The third-order valence-corrected chi connectivity index (χ3v) is 6.72. The smallest absolute Gasteiger partial charge is 0.255 e. The summed E-state index contributed by atoms with van der Waals surface area (Å²) >= 11 is 0. The van der Waals surface area contributed by atoms with Crippen LogP contribution in [0.4, 0.5) is 10.1 Å². The molecule has 2 N–H and O–H groups in total. The Labute approximate surface area is 209 Å². The molecule has 5 rings (SSSR count). The molecule has 6 nitrogen and oxygen atoms in total. The van der Waals surface area contributed by atoms with Crippen molar-refractivity contribution >= 4 is 28.5 Å². The zero-order chi connectivity index (χ0) is 25.1. The van der Waals surface area contributed by atoms with E-state index in [1.165, 1.54) is 31.4 Å². The molecule has 184 valence electrons. The van der Waals surface area contributed by atoms with Crippen LogP contribution in [0, 0.1) is 12.7 Å². The van der Waals surface area contributed by atoms with Crippen LogP contribution in [0.25, 0.3) is 16.7 Å². The van der Waals surface area contributed by atoms with Crippen molar-refractivity contribution in [3.05, 3.63) is 89.5 Å². The predicted octanol–water partition coefficient (Wildman–Crippen LogP) is 5.72. The number of benzene rings is 3. The van der Waals surface area contributed by atoms with Crippen LogP contribution in [0.2, 0.25) is 0 Å². The summed E-state index contributed by atoms with van der Waals surface area (Å²) in [6.45, 7) is 1.88. The molecule has 0 atom stereocenters. The van der Waals surface area contributed by atoms with Crippen LogP contribution in [0.15, 0.2) is 66.7 Å². The molecule has 1 aliphatic carbocycles. The van der Waals surface area contributed by atoms with Gasteiger partial charge in [-0.15, -0.1) is 0 Å². The molecule has 0 radical (unpaired) electrons. The summed E-state index contributed by atoms with van der Waals surface area (Å²) in [5.41, 5.74) is 4.34. The van der Waals surface area contributed by atoms with Gasteiger partial charge in [-0.3, -0.25) is 14.2 Å². The van der Waals surface area contributed by atoms with Crippen molar-refractivity contribution in [3.63, 3.8) is 0 Å². The fourth-order valence-corrected chi connectivity index (χ4v) is 4.87. The summed E-state index contributed by atoms with van der Waals surface area (Å²) in [6, 6.07) is 19.2. The molecular weight excluding hydrogens is 455 g/mol. The van der Waals surface area contributed by atoms with E-state index >= 15 is 0 Å². The lowest BCUT2D eigenvalue weighted by Gasteiger charge is -2.22. The maximum absolute atomic E-state index is 13.4. The Balaban J connectivity index is 1.27. The number of nitrogens with one attached hydrogen (secondary N) is 2. The maximum Gasteiger partial charge on any atom is 0.255 e. The van der Waals surface area contributed by atoms with Gasteiger partial charge in [0.05, 0.1) is 17.5 Å². The van der Waals surface area contributed by atoms with Gasteiger partial charge in [0, 0.05) is 23.0 Å². The largest absolute Gasteiger partial charge is 0.353 e. The number of fused-ring (bicyclic) bond motifs is 1. The molecule has 0 unspecified atom stereocenters. The Morgan fingerprint density at radius 3 is 2.42 bits per heavy atom. The minimum atomic E-state index is -0.309. The topological polar surface area (TPSA) is 76.0 Å². The lowest BCUT2D eigenvalue weighted by atomic mass is 9.95. The van der Waals surface area contributed by atoms with Crippen LogP contribution in [-0.2, 0) is 11.2 Å². The van der Waals surface area contributed by atoms with E-state index in [2.05, 4.69) is 15.6 Å². The van der Waals surface area contributed by atoms with Crippen molar-refractivity contribution in [1.82, 2.24) is 14.9 Å². The molecule has 2 amide bonds. The Morgan fingerprint density at radius 1 is 0.972 bits per heavy atom. The number of nitrogens with zero attached hydrogens (tertiary/aromatic N) is 2. The van der Waals surface area contributed by atoms with Crippen molar-refractivity contribution in [2.24, 2.45) is 0 Å². The average Bonchev–Trinajstić information content (AvgIpc) is 3.21. The summed E-state index contributed by atoms with van der Waals surface area (Å²) in [5.74, 6) is 0.235. The third kappa shape index (κ3) is 5.30. The van der Waals surface area contributed by atoms with Gasteiger partial charge in [-0.25, -0.2) is 9.37 Å². The highest BCUT2D eigenvalue weighted by Crippen LogP contribution is 2.24. The second-order valence-electron chi connectivity index (χ2n) is 9.40. The lowest BCUT2D eigenvalue weighted by Crippen LogP contribution is -2.37. The Morgan fingerprint density at radius 2 is 1.69 bits per heavy atom. The average molecular weight is 485 g/mol. The Kier molecular flexibility index (Phi) is 6.80. The second kappa shape index (κ2) is 10.3. The molecule has 36 heavy (non-hydrogen) atoms. The number of imidazole rings is 1. The summed E-state index contributed by atoms with van der Waals surface area (Å²) in [5, 5.41) is 6.06. The first-order chi connectivity index (χ1) is 17.5. The number of aromatic nitrogens is 2. The van der Waals surface area contributed by atoms with Gasteiger partial charge in [-0.05, 0) is 79.9 Å². The van der Waals surface area contributed by atoms with Crippen LogP contribution in [0.3, 0.4) is 0 Å². The highest BCUT2D eigenvalue weighted by molar-refractivity contribution is 6.06. The SMILES string of the molecule is Cc1nc2ccc(C(=O)Nc3ccc(CC(=O)NC4CCCCC4)cc3)cc2n1-c1ccc(F)cc1. The number of amides is 2. The number of hydrogen-bond acceptors (Lipinski definition) is 3. The van der Waals surface area contributed by atoms with Crippen LogP contribution < -0.4 is 10.6 Å². The van der Waals surface area contributed by atoms with Crippen molar-refractivity contribution in [2.75, 3.05) is 5.32 Å². The van der Waals surface area contributed by atoms with Crippen LogP contribution >= 0.6 is 0 Å². The van der Waals surface area contributed by atoms with Gasteiger partial charge in [0.2, 0.25) is 5.91 Å². The van der Waals surface area contributed by atoms with Gasteiger partial charge in [-0.2, -0.15) is 0 Å². The third-order valence-electron chi connectivity index (χ3n) is 6.72. The minimum absolute atomic E-state index is 0.0417. The number of carbonyl (C=O) groups is 2. The van der Waals surface area contributed by atoms with Crippen molar-refractivity contribution in [1.29, 1.82) is 0 Å². The first kappa shape index (κ1) is 23.7. The van der Waals surface area contributed by atoms with Crippen LogP contribution in [0.5, 0.6) is 0 Å². The monoisotopic (exact) mass is 484 g/mol. The zero-order valence-corrected chi connectivity index (χ0v) is 20.3. The number of aryl methyl sites for hydroxylation is 1. The van der Waals surface area contributed by atoms with Gasteiger partial charge < -0.3 is 10.6 Å². The molecule has 1 aliphatic rings. The summed E-state index contributed by atoms with van der Waals surface area (Å²) in [7, 11) is 0. The first-order valence-corrected chi connectivity index (χ1v) is 12.4. The Bertz CT molecular complexity index is 1390. The van der Waals surface area contributed by atoms with Gasteiger partial charge in [0.25, 0.3) is 5.91 Å². The Hall–Kier alpha value is -4.00. The summed E-state index contributed by atoms with van der Waals surface area (Å²) in [6.07, 6.45) is 6.07. The molecule has 1 heterocycles. The number of halogens is 1. The first-order valence-electron chi connectivity index (χ1n) is 12.4. The molecule has 0 spiro atoms. The molecule has 0 aliphatic heterocycles. The van der Waals surface area contributed by atoms with E-state index in [4.69, 9.17) is 0 Å². The van der Waals surface area contributed by atoms with E-state index in [1.54, 1.807) is 24.3 Å². The van der Waals surface area contributed by atoms with E-state index in [9.17, 15) is 14.0 Å². The maximum atomic E-state index is 13.4. The van der Waals surface area contributed by atoms with E-state index in [0.717, 1.165) is 41.0 Å². The normalized spacial score (nSPS) is 14.1. The molecule has 1 fully saturated rings. The number of rotatable bonds is 6. The molecular formula is C29H29FN4O2. The van der Waals surface area contributed by atoms with E-state index in [1.807, 2.05) is 41.8 Å². The number of hydrogen-bond donors (Lipinski definition) is 2. The van der Waals surface area contributed by atoms with E-state index in [0.29, 0.717) is 23.7 Å². The van der Waals surface area contributed by atoms with Crippen molar-refractivity contribution < 1.29 is 14.0 Å². The van der Waals surface area contributed by atoms with Crippen LogP contribution in [0.1, 0.15) is 53.8 Å². The van der Waals surface area contributed by atoms with Gasteiger partial charge >= 0.3 is 0 Å². The molecule has 4 aromatic rings. The highest BCUT2D eigenvalue weighted by Gasteiger charge is 2.16. The summed E-state index contributed by atoms with van der Waals surface area (Å²) < 4.78 is 15.3. The fraction of sp³-hybridized carbons (Fsp3) is 0.276. The van der Waals surface area contributed by atoms with Crippen LogP contribution in [-0.4, -0.2) is 27.4 Å². The van der Waals surface area contributed by atoms with Gasteiger partial charge in [0.15, 0.2) is 0 Å². The van der Waals surface area contributed by atoms with E-state index in [-0.39, 0.29) is 17.6 Å². The quantitative estimate of drug-likeness (QED) is 0.368. The standard InChI is InChI=1S/C29H29FN4O2/c1-19-31-26-16-9-21(18-27(26)34(19)25-14-10-22(30)11-15-25)29(36)33-24-12-7-20(8-13-24)17-28(35)32-23-5-3-2-4-6-23/h7-16,18,23H,2-6,17H2,1H3,(H,32,35)(H,33,36). The molecule has 3 aromatic carbocycles. The molecule has 0 saturated heterocycles. The minimum Gasteiger partial charge on any atom is -0.353 e. The number of carbonyl (C=O) groups excluding carboxylic acids is 2. The fourth-order valence-electron chi connectivity index (χ4n) is 4.87.